The molecule has 0 aliphatic carbocycles. The number of nitrogens with zero attached hydrogens (tertiary/aromatic N) is 1. The fourth-order valence-electron chi connectivity index (χ4n) is 2.29. The van der Waals surface area contributed by atoms with Gasteiger partial charge in [0, 0.05) is 19.5 Å². The van der Waals surface area contributed by atoms with Gasteiger partial charge in [-0.3, -0.25) is 9.59 Å². The minimum absolute atomic E-state index is 0.0817. The normalized spacial score (nSPS) is 10.8. The molecule has 0 aromatic heterocycles. The first kappa shape index (κ1) is 19.1. The summed E-state index contributed by atoms with van der Waals surface area (Å²) in [5.74, 6) is -2.58. The summed E-state index contributed by atoms with van der Waals surface area (Å²) in [5, 5.41) is 8.75. The molecule has 1 N–H and O–H groups in total. The van der Waals surface area contributed by atoms with Crippen LogP contribution in [0.3, 0.4) is 0 Å². The third kappa shape index (κ3) is 7.21. The van der Waals surface area contributed by atoms with Crippen molar-refractivity contribution in [1.82, 2.24) is 4.90 Å². The zero-order chi connectivity index (χ0) is 17.4. The molecule has 0 unspecified atom stereocenters. The first-order valence-corrected chi connectivity index (χ1v) is 7.73. The zero-order valence-corrected chi connectivity index (χ0v) is 13.5. The van der Waals surface area contributed by atoms with Crippen LogP contribution in [0.5, 0.6) is 0 Å². The number of carbonyl (C=O) groups excluding carboxylic acids is 1. The lowest BCUT2D eigenvalue weighted by atomic mass is 10.1. The smallest absolute Gasteiger partial charge is 0.305 e. The van der Waals surface area contributed by atoms with Crippen LogP contribution >= 0.6 is 0 Å². The maximum Gasteiger partial charge on any atom is 0.305 e. The van der Waals surface area contributed by atoms with Gasteiger partial charge in [0.15, 0.2) is 11.6 Å². The first-order valence-electron chi connectivity index (χ1n) is 7.73. The van der Waals surface area contributed by atoms with Gasteiger partial charge >= 0.3 is 5.97 Å². The lowest BCUT2D eigenvalue weighted by molar-refractivity contribution is -0.138. The van der Waals surface area contributed by atoms with Crippen LogP contribution in [0.25, 0.3) is 0 Å². The van der Waals surface area contributed by atoms with Crippen molar-refractivity contribution in [3.63, 3.8) is 0 Å². The number of aryl methyl sites for hydroxylation is 1. The highest BCUT2D eigenvalue weighted by molar-refractivity contribution is 5.77. The second kappa shape index (κ2) is 9.22. The number of aliphatic carboxylic acids is 1. The average Bonchev–Trinajstić information content (AvgIpc) is 2.46. The molecule has 0 atom stereocenters. The average molecular weight is 327 g/mol. The Kier molecular flexibility index (Phi) is 7.65. The van der Waals surface area contributed by atoms with Gasteiger partial charge in [-0.2, -0.15) is 0 Å². The van der Waals surface area contributed by atoms with Gasteiger partial charge in [-0.25, -0.2) is 8.78 Å². The Hall–Kier alpha value is -1.98. The van der Waals surface area contributed by atoms with Gasteiger partial charge in [-0.05, 0) is 36.5 Å². The second-order valence-electron chi connectivity index (χ2n) is 5.98. The number of halogens is 2. The van der Waals surface area contributed by atoms with Crippen LogP contribution in [0, 0.1) is 17.6 Å². The molecule has 1 rings (SSSR count). The molecule has 0 bridgehead atoms. The van der Waals surface area contributed by atoms with E-state index in [1.165, 1.54) is 6.07 Å². The van der Waals surface area contributed by atoms with Crippen molar-refractivity contribution in [1.29, 1.82) is 0 Å². The molecule has 0 radical (unpaired) electrons. The molecule has 128 valence electrons. The van der Waals surface area contributed by atoms with Gasteiger partial charge in [0.25, 0.3) is 0 Å². The summed E-state index contributed by atoms with van der Waals surface area (Å²) in [6.07, 6.45) is 1.15. The predicted octanol–water partition coefficient (Wildman–Crippen LogP) is 3.25. The topological polar surface area (TPSA) is 57.6 Å². The molecule has 1 amide bonds. The van der Waals surface area contributed by atoms with Crippen molar-refractivity contribution in [2.24, 2.45) is 5.92 Å². The summed E-state index contributed by atoms with van der Waals surface area (Å²) in [6.45, 7) is 4.62. The van der Waals surface area contributed by atoms with E-state index in [4.69, 9.17) is 5.11 Å². The summed E-state index contributed by atoms with van der Waals surface area (Å²) in [7, 11) is 0. The third-order valence-corrected chi connectivity index (χ3v) is 3.37. The molecule has 0 fully saturated rings. The van der Waals surface area contributed by atoms with E-state index in [1.54, 1.807) is 4.90 Å². The highest BCUT2D eigenvalue weighted by Gasteiger charge is 2.16. The Morgan fingerprint density at radius 3 is 2.43 bits per heavy atom. The largest absolute Gasteiger partial charge is 0.481 e. The van der Waals surface area contributed by atoms with E-state index in [2.05, 4.69) is 0 Å². The van der Waals surface area contributed by atoms with E-state index >= 15 is 0 Å². The van der Waals surface area contributed by atoms with Crippen LogP contribution in [0.2, 0.25) is 0 Å². The Labute approximate surface area is 135 Å². The first-order chi connectivity index (χ1) is 10.8. The fourth-order valence-corrected chi connectivity index (χ4v) is 2.29. The van der Waals surface area contributed by atoms with Crippen molar-refractivity contribution in [3.8, 4) is 0 Å². The van der Waals surface area contributed by atoms with Crippen LogP contribution in [-0.4, -0.2) is 35.0 Å². The van der Waals surface area contributed by atoms with E-state index in [1.807, 2.05) is 13.8 Å². The van der Waals surface area contributed by atoms with E-state index in [-0.39, 0.29) is 31.2 Å². The lowest BCUT2D eigenvalue weighted by Gasteiger charge is -2.24. The number of hydrogen-bond donors (Lipinski definition) is 1. The van der Waals surface area contributed by atoms with Crippen molar-refractivity contribution < 1.29 is 23.5 Å². The number of hydrogen-bond acceptors (Lipinski definition) is 2. The van der Waals surface area contributed by atoms with Gasteiger partial charge in [-0.1, -0.05) is 19.9 Å². The van der Waals surface area contributed by atoms with Gasteiger partial charge in [0.1, 0.15) is 0 Å². The van der Waals surface area contributed by atoms with Crippen LogP contribution in [0.15, 0.2) is 18.2 Å². The Bertz CT molecular complexity index is 547. The number of amides is 1. The highest BCUT2D eigenvalue weighted by Crippen LogP contribution is 2.12. The van der Waals surface area contributed by atoms with E-state index < -0.39 is 17.6 Å². The number of carbonyl (C=O) groups is 2. The van der Waals surface area contributed by atoms with Gasteiger partial charge in [-0.15, -0.1) is 0 Å². The molecule has 1 aromatic rings. The van der Waals surface area contributed by atoms with Crippen molar-refractivity contribution in [2.45, 2.75) is 39.5 Å². The monoisotopic (exact) mass is 327 g/mol. The van der Waals surface area contributed by atoms with E-state index in [9.17, 15) is 18.4 Å². The molecule has 23 heavy (non-hydrogen) atoms. The van der Waals surface area contributed by atoms with E-state index in [0.29, 0.717) is 24.9 Å². The van der Waals surface area contributed by atoms with Crippen LogP contribution in [0.1, 0.15) is 38.7 Å². The molecule has 0 aliphatic rings. The summed E-state index contributed by atoms with van der Waals surface area (Å²) in [6, 6.07) is 3.71. The van der Waals surface area contributed by atoms with Gasteiger partial charge < -0.3 is 10.0 Å². The summed E-state index contributed by atoms with van der Waals surface area (Å²) in [4.78, 5) is 24.4. The molecular formula is C17H23F2NO3. The molecule has 1 aromatic carbocycles. The lowest BCUT2D eigenvalue weighted by Crippen LogP contribution is -2.35. The second-order valence-corrected chi connectivity index (χ2v) is 5.98. The third-order valence-electron chi connectivity index (χ3n) is 3.37. The van der Waals surface area contributed by atoms with Crippen LogP contribution in [-0.2, 0) is 16.0 Å². The van der Waals surface area contributed by atoms with Crippen LogP contribution in [0.4, 0.5) is 8.78 Å². The SMILES string of the molecule is CC(C)CN(CCC(=O)O)C(=O)CCCc1ccc(F)c(F)c1. The Morgan fingerprint density at radius 1 is 1.17 bits per heavy atom. The molecule has 0 heterocycles. The molecule has 0 aliphatic heterocycles. The molecule has 6 heteroatoms. The maximum atomic E-state index is 13.1. The molecule has 0 spiro atoms. The number of carboxylic acids is 1. The van der Waals surface area contributed by atoms with Crippen molar-refractivity contribution in [3.05, 3.63) is 35.4 Å². The zero-order valence-electron chi connectivity index (χ0n) is 13.5. The molecular weight excluding hydrogens is 304 g/mol. The van der Waals surface area contributed by atoms with Gasteiger partial charge in [0.2, 0.25) is 5.91 Å². The molecule has 0 saturated heterocycles. The van der Waals surface area contributed by atoms with E-state index in [0.717, 1.165) is 12.1 Å². The Balaban J connectivity index is 2.50. The van der Waals surface area contributed by atoms with Crippen molar-refractivity contribution in [2.75, 3.05) is 13.1 Å². The number of carboxylic acid groups (broad SMARTS) is 1. The maximum absolute atomic E-state index is 13.1. The fraction of sp³-hybridized carbons (Fsp3) is 0.529. The summed E-state index contributed by atoms with van der Waals surface area (Å²) in [5.41, 5.74) is 0.637. The van der Waals surface area contributed by atoms with Crippen molar-refractivity contribution >= 4 is 11.9 Å². The molecule has 4 nitrogen and oxygen atoms in total. The van der Waals surface area contributed by atoms with Crippen LogP contribution < -0.4 is 0 Å². The summed E-state index contributed by atoms with van der Waals surface area (Å²) >= 11 is 0. The number of rotatable bonds is 9. The number of benzene rings is 1. The Morgan fingerprint density at radius 2 is 1.87 bits per heavy atom. The standard InChI is InChI=1S/C17H23F2NO3/c1-12(2)11-20(9-8-17(22)23)16(21)5-3-4-13-6-7-14(18)15(19)10-13/h6-7,10,12H,3-5,8-9,11H2,1-2H3,(H,22,23). The highest BCUT2D eigenvalue weighted by atomic mass is 19.2. The quantitative estimate of drug-likeness (QED) is 0.757. The minimum atomic E-state index is -0.937. The summed E-state index contributed by atoms with van der Waals surface area (Å²) < 4.78 is 25.9. The predicted molar refractivity (Wildman–Crippen MR) is 83.0 cm³/mol. The molecule has 0 saturated carbocycles. The van der Waals surface area contributed by atoms with Gasteiger partial charge in [0.05, 0.1) is 6.42 Å². The minimum Gasteiger partial charge on any atom is -0.481 e.